The minimum absolute atomic E-state index is 0.105. The van der Waals surface area contributed by atoms with E-state index in [4.69, 9.17) is 11.6 Å². The van der Waals surface area contributed by atoms with Gasteiger partial charge in [0.15, 0.2) is 0 Å². The minimum Gasteiger partial charge on any atom is -0.349 e. The van der Waals surface area contributed by atoms with E-state index in [1.165, 1.54) is 4.52 Å². The lowest BCUT2D eigenvalue weighted by Crippen LogP contribution is -2.30. The molecule has 0 aliphatic carbocycles. The number of hydrogen-bond acceptors (Lipinski definition) is 5. The molecule has 0 aromatic carbocycles. The Bertz CT molecular complexity index is 763. The molecule has 1 amide bonds. The fraction of sp³-hybridized carbons (Fsp3) is 0.308. The van der Waals surface area contributed by atoms with Gasteiger partial charge in [0.25, 0.3) is 11.7 Å². The molecule has 0 fully saturated rings. The number of aromatic nitrogens is 6. The van der Waals surface area contributed by atoms with Crippen LogP contribution in [0, 0.1) is 5.92 Å². The van der Waals surface area contributed by atoms with E-state index in [0.29, 0.717) is 23.9 Å². The van der Waals surface area contributed by atoms with Crippen LogP contribution in [0.2, 0.25) is 5.02 Å². The van der Waals surface area contributed by atoms with Crippen molar-refractivity contribution in [1.29, 1.82) is 0 Å². The van der Waals surface area contributed by atoms with Gasteiger partial charge < -0.3 is 5.32 Å². The van der Waals surface area contributed by atoms with Crippen LogP contribution >= 0.6 is 11.6 Å². The first-order valence-corrected chi connectivity index (χ1v) is 7.13. The molecule has 0 unspecified atom stereocenters. The van der Waals surface area contributed by atoms with Crippen LogP contribution in [0.1, 0.15) is 17.5 Å². The normalized spacial score (nSPS) is 12.5. The second kappa shape index (κ2) is 6.10. The van der Waals surface area contributed by atoms with Crippen molar-refractivity contribution >= 4 is 23.3 Å². The quantitative estimate of drug-likeness (QED) is 0.759. The lowest BCUT2D eigenvalue weighted by molar-refractivity contribution is 0.0936. The smallest absolute Gasteiger partial charge is 0.291 e. The highest BCUT2D eigenvalue weighted by atomic mass is 35.5. The van der Waals surface area contributed by atoms with E-state index in [2.05, 4.69) is 25.5 Å². The lowest BCUT2D eigenvalue weighted by Gasteiger charge is -2.11. The van der Waals surface area contributed by atoms with Crippen molar-refractivity contribution in [2.24, 2.45) is 5.92 Å². The first-order chi connectivity index (χ1) is 10.6. The van der Waals surface area contributed by atoms with Gasteiger partial charge in [-0.25, -0.2) is 9.50 Å². The summed E-state index contributed by atoms with van der Waals surface area (Å²) >= 11 is 5.81. The maximum absolute atomic E-state index is 12.1. The molecule has 1 atom stereocenters. The van der Waals surface area contributed by atoms with Gasteiger partial charge in [-0.05, 0) is 12.0 Å². The van der Waals surface area contributed by atoms with Crippen LogP contribution in [0.3, 0.4) is 0 Å². The van der Waals surface area contributed by atoms with Crippen molar-refractivity contribution < 1.29 is 4.79 Å². The fourth-order valence-corrected chi connectivity index (χ4v) is 2.15. The first kappa shape index (κ1) is 14.5. The first-order valence-electron chi connectivity index (χ1n) is 6.75. The number of carbonyl (C=O) groups excluding carboxylic acids is 1. The number of halogens is 1. The average molecular weight is 320 g/mol. The Labute approximate surface area is 131 Å². The van der Waals surface area contributed by atoms with Crippen molar-refractivity contribution in [3.63, 3.8) is 0 Å². The largest absolute Gasteiger partial charge is 0.349 e. The van der Waals surface area contributed by atoms with E-state index in [1.54, 1.807) is 35.5 Å². The van der Waals surface area contributed by atoms with Gasteiger partial charge in [-0.1, -0.05) is 18.5 Å². The van der Waals surface area contributed by atoms with Crippen LogP contribution in [-0.2, 0) is 6.54 Å². The van der Waals surface area contributed by atoms with Crippen LogP contribution in [0.15, 0.2) is 30.9 Å². The van der Waals surface area contributed by atoms with E-state index in [0.717, 1.165) is 0 Å². The molecule has 0 bridgehead atoms. The highest BCUT2D eigenvalue weighted by Gasteiger charge is 2.14. The number of hydrogen-bond donors (Lipinski definition) is 1. The van der Waals surface area contributed by atoms with Crippen LogP contribution < -0.4 is 5.32 Å². The van der Waals surface area contributed by atoms with Gasteiger partial charge in [0.1, 0.15) is 0 Å². The molecule has 0 saturated heterocycles. The highest BCUT2D eigenvalue weighted by Crippen LogP contribution is 2.07. The van der Waals surface area contributed by atoms with Crippen LogP contribution in [-0.4, -0.2) is 41.8 Å². The lowest BCUT2D eigenvalue weighted by atomic mass is 10.2. The van der Waals surface area contributed by atoms with E-state index in [1.807, 2.05) is 6.92 Å². The summed E-state index contributed by atoms with van der Waals surface area (Å²) in [5.41, 5.74) is 0. The molecule has 8 nitrogen and oxygen atoms in total. The molecule has 22 heavy (non-hydrogen) atoms. The Balaban J connectivity index is 1.57. The van der Waals surface area contributed by atoms with Gasteiger partial charge in [-0.2, -0.15) is 10.1 Å². The third kappa shape index (κ3) is 3.22. The summed E-state index contributed by atoms with van der Waals surface area (Å²) in [6, 6.07) is 1.72. The molecule has 0 aliphatic heterocycles. The van der Waals surface area contributed by atoms with Crippen molar-refractivity contribution in [2.75, 3.05) is 6.54 Å². The molecular formula is C13H14ClN7O. The monoisotopic (exact) mass is 319 g/mol. The molecule has 0 aliphatic rings. The number of nitrogens with one attached hydrogen (secondary N) is 1. The zero-order valence-electron chi connectivity index (χ0n) is 11.8. The SMILES string of the molecule is C[C@H](CNC(=O)c1nc2ncccn2n1)Cn1cc(Cl)cn1. The zero-order valence-corrected chi connectivity index (χ0v) is 12.6. The third-order valence-corrected chi connectivity index (χ3v) is 3.23. The molecular weight excluding hydrogens is 306 g/mol. The Morgan fingerprint density at radius 2 is 2.36 bits per heavy atom. The Hall–Kier alpha value is -2.48. The topological polar surface area (TPSA) is 90.0 Å². The van der Waals surface area contributed by atoms with E-state index >= 15 is 0 Å². The van der Waals surface area contributed by atoms with Crippen LogP contribution in [0.5, 0.6) is 0 Å². The molecule has 114 valence electrons. The number of amides is 1. The Morgan fingerprint density at radius 3 is 3.09 bits per heavy atom. The van der Waals surface area contributed by atoms with E-state index in [-0.39, 0.29) is 17.6 Å². The summed E-state index contributed by atoms with van der Waals surface area (Å²) in [7, 11) is 0. The van der Waals surface area contributed by atoms with Gasteiger partial charge in [0.05, 0.1) is 11.2 Å². The predicted molar refractivity (Wildman–Crippen MR) is 79.5 cm³/mol. The Kier molecular flexibility index (Phi) is 4.01. The van der Waals surface area contributed by atoms with Crippen LogP contribution in [0.25, 0.3) is 5.78 Å². The second-order valence-electron chi connectivity index (χ2n) is 5.00. The number of rotatable bonds is 5. The average Bonchev–Trinajstić information content (AvgIpc) is 3.10. The molecule has 3 rings (SSSR count). The standard InChI is InChI=1S/C13H14ClN7O/c1-9(7-20-8-10(14)6-17-20)5-16-12(22)11-18-13-15-3-2-4-21(13)19-11/h2-4,6,8-9H,5,7H2,1H3,(H,16,22)/t9-/m1/s1. The van der Waals surface area contributed by atoms with Gasteiger partial charge in [0.2, 0.25) is 5.82 Å². The second-order valence-corrected chi connectivity index (χ2v) is 5.43. The summed E-state index contributed by atoms with van der Waals surface area (Å²) in [4.78, 5) is 20.1. The summed E-state index contributed by atoms with van der Waals surface area (Å²) in [6.45, 7) is 3.15. The Morgan fingerprint density at radius 1 is 1.50 bits per heavy atom. The van der Waals surface area contributed by atoms with Crippen LogP contribution in [0.4, 0.5) is 0 Å². The summed E-state index contributed by atoms with van der Waals surface area (Å²) in [6.07, 6.45) is 6.62. The highest BCUT2D eigenvalue weighted by molar-refractivity contribution is 6.30. The van der Waals surface area contributed by atoms with Crippen molar-refractivity contribution in [3.05, 3.63) is 41.7 Å². The molecule has 0 saturated carbocycles. The minimum atomic E-state index is -0.323. The maximum atomic E-state index is 12.1. The van der Waals surface area contributed by atoms with E-state index in [9.17, 15) is 4.79 Å². The molecule has 3 heterocycles. The van der Waals surface area contributed by atoms with Gasteiger partial charge >= 0.3 is 0 Å². The number of carbonyl (C=O) groups is 1. The fourth-order valence-electron chi connectivity index (χ4n) is 2.00. The van der Waals surface area contributed by atoms with Crippen molar-refractivity contribution in [3.8, 4) is 0 Å². The van der Waals surface area contributed by atoms with Gasteiger partial charge in [0, 0.05) is 31.7 Å². The molecule has 1 N–H and O–H groups in total. The molecule has 3 aromatic heterocycles. The van der Waals surface area contributed by atoms with Gasteiger partial charge in [-0.15, -0.1) is 5.10 Å². The number of fused-ring (bicyclic) bond motifs is 1. The molecule has 0 spiro atoms. The molecule has 3 aromatic rings. The number of nitrogens with zero attached hydrogens (tertiary/aromatic N) is 6. The van der Waals surface area contributed by atoms with Crippen molar-refractivity contribution in [1.82, 2.24) is 34.7 Å². The summed E-state index contributed by atoms with van der Waals surface area (Å²) in [5, 5.41) is 11.6. The summed E-state index contributed by atoms with van der Waals surface area (Å²) in [5.74, 6) is 0.367. The summed E-state index contributed by atoms with van der Waals surface area (Å²) < 4.78 is 3.20. The zero-order chi connectivity index (χ0) is 15.5. The molecule has 0 radical (unpaired) electrons. The third-order valence-electron chi connectivity index (χ3n) is 3.03. The van der Waals surface area contributed by atoms with Gasteiger partial charge in [-0.3, -0.25) is 9.48 Å². The van der Waals surface area contributed by atoms with E-state index < -0.39 is 0 Å². The predicted octanol–water partition coefficient (Wildman–Crippen LogP) is 1.04. The van der Waals surface area contributed by atoms with Crippen molar-refractivity contribution in [2.45, 2.75) is 13.5 Å². The molecule has 9 heteroatoms. The maximum Gasteiger partial charge on any atom is 0.291 e.